The monoisotopic (exact) mass is 268 g/mol. The van der Waals surface area contributed by atoms with Gasteiger partial charge < -0.3 is 9.16 Å². The second-order valence-corrected chi connectivity index (χ2v) is 11.7. The van der Waals surface area contributed by atoms with Gasteiger partial charge in [0.2, 0.25) is 0 Å². The Kier molecular flexibility index (Phi) is 3.55. The standard InChI is InChI=1S/C14H24O3Si/c1-14(2,3)18(4,5)16-9-10-8-11-6-7-12(15)13(10)17-11/h6-7,10-11,13H,8-9H2,1-5H3/t10-,11+,13+/m1/s1. The van der Waals surface area contributed by atoms with E-state index in [9.17, 15) is 4.79 Å². The zero-order chi connectivity index (χ0) is 13.6. The number of fused-ring (bicyclic) bond motifs is 2. The summed E-state index contributed by atoms with van der Waals surface area (Å²) in [4.78, 5) is 11.7. The van der Waals surface area contributed by atoms with Crippen molar-refractivity contribution in [2.45, 2.75) is 57.5 Å². The van der Waals surface area contributed by atoms with Gasteiger partial charge in [0.15, 0.2) is 14.1 Å². The van der Waals surface area contributed by atoms with Gasteiger partial charge in [-0.3, -0.25) is 4.79 Å². The first-order valence-corrected chi connectivity index (χ1v) is 9.63. The molecule has 3 atom stereocenters. The highest BCUT2D eigenvalue weighted by molar-refractivity contribution is 6.74. The van der Waals surface area contributed by atoms with Crippen LogP contribution in [0.3, 0.4) is 0 Å². The van der Waals surface area contributed by atoms with E-state index in [1.807, 2.05) is 6.08 Å². The molecule has 4 heteroatoms. The van der Waals surface area contributed by atoms with Crippen LogP contribution >= 0.6 is 0 Å². The van der Waals surface area contributed by atoms with Gasteiger partial charge in [-0.1, -0.05) is 26.8 Å². The van der Waals surface area contributed by atoms with Crippen LogP contribution in [0.5, 0.6) is 0 Å². The molecular weight excluding hydrogens is 244 g/mol. The largest absolute Gasteiger partial charge is 0.416 e. The van der Waals surface area contributed by atoms with Crippen molar-refractivity contribution in [3.05, 3.63) is 12.2 Å². The van der Waals surface area contributed by atoms with Gasteiger partial charge in [-0.05, 0) is 30.6 Å². The predicted octanol–water partition coefficient (Wildman–Crippen LogP) is 2.92. The third-order valence-electron chi connectivity index (χ3n) is 4.50. The lowest BCUT2D eigenvalue weighted by molar-refractivity contribution is -0.127. The highest BCUT2D eigenvalue weighted by Gasteiger charge is 2.43. The van der Waals surface area contributed by atoms with E-state index in [2.05, 4.69) is 33.9 Å². The van der Waals surface area contributed by atoms with Crippen LogP contribution < -0.4 is 0 Å². The molecule has 2 aliphatic heterocycles. The second kappa shape index (κ2) is 4.58. The summed E-state index contributed by atoms with van der Waals surface area (Å²) in [5.74, 6) is 0.333. The highest BCUT2D eigenvalue weighted by Crippen LogP contribution is 2.38. The first-order chi connectivity index (χ1) is 8.21. The molecule has 102 valence electrons. The molecule has 2 heterocycles. The maximum absolute atomic E-state index is 11.7. The van der Waals surface area contributed by atoms with E-state index in [4.69, 9.17) is 9.16 Å². The Labute approximate surface area is 111 Å². The summed E-state index contributed by atoms with van der Waals surface area (Å²) in [6.07, 6.45) is 4.34. The van der Waals surface area contributed by atoms with Gasteiger partial charge in [-0.15, -0.1) is 0 Å². The minimum absolute atomic E-state index is 0.104. The number of carbonyl (C=O) groups excluding carboxylic acids is 1. The van der Waals surface area contributed by atoms with Gasteiger partial charge in [0.05, 0.1) is 6.10 Å². The number of ether oxygens (including phenoxy) is 1. The summed E-state index contributed by atoms with van der Waals surface area (Å²) in [6, 6.07) is 0. The van der Waals surface area contributed by atoms with Crippen molar-refractivity contribution in [2.24, 2.45) is 5.92 Å². The lowest BCUT2D eigenvalue weighted by atomic mass is 10.0. The number of rotatable bonds is 3. The molecule has 1 fully saturated rings. The molecule has 0 amide bonds. The summed E-state index contributed by atoms with van der Waals surface area (Å²) in [5.41, 5.74) is 0. The number of carbonyl (C=O) groups is 1. The van der Waals surface area contributed by atoms with Crippen molar-refractivity contribution < 1.29 is 14.0 Å². The van der Waals surface area contributed by atoms with Crippen LogP contribution in [0.4, 0.5) is 0 Å². The van der Waals surface area contributed by atoms with Crippen LogP contribution in [0.1, 0.15) is 27.2 Å². The Morgan fingerprint density at radius 3 is 2.72 bits per heavy atom. The van der Waals surface area contributed by atoms with E-state index in [0.717, 1.165) is 6.42 Å². The van der Waals surface area contributed by atoms with Gasteiger partial charge >= 0.3 is 0 Å². The zero-order valence-corrected chi connectivity index (χ0v) is 13.0. The molecule has 0 aromatic carbocycles. The summed E-state index contributed by atoms with van der Waals surface area (Å²) in [7, 11) is -1.73. The van der Waals surface area contributed by atoms with Crippen LogP contribution in [0.2, 0.25) is 18.1 Å². The molecule has 1 saturated heterocycles. The van der Waals surface area contributed by atoms with Crippen LogP contribution in [0.15, 0.2) is 12.2 Å². The number of ketones is 1. The molecule has 0 saturated carbocycles. The molecule has 0 N–H and O–H groups in total. The summed E-state index contributed by atoms with van der Waals surface area (Å²) < 4.78 is 11.9. The van der Waals surface area contributed by atoms with E-state index in [-0.39, 0.29) is 28.9 Å². The van der Waals surface area contributed by atoms with E-state index in [1.54, 1.807) is 6.08 Å². The fourth-order valence-electron chi connectivity index (χ4n) is 2.18. The molecule has 2 aliphatic rings. The molecule has 0 aliphatic carbocycles. The summed E-state index contributed by atoms with van der Waals surface area (Å²) in [5, 5.41) is 0.212. The Morgan fingerprint density at radius 2 is 2.11 bits per heavy atom. The highest BCUT2D eigenvalue weighted by atomic mass is 28.4. The molecule has 3 nitrogen and oxygen atoms in total. The molecule has 0 unspecified atom stereocenters. The van der Waals surface area contributed by atoms with Gasteiger partial charge in [0.25, 0.3) is 0 Å². The molecule has 18 heavy (non-hydrogen) atoms. The SMILES string of the molecule is CC(C)(C)[Si](C)(C)OC[C@H]1C[C@@H]2C=CC(=O)[C@H]1O2. The maximum Gasteiger partial charge on any atom is 0.191 e. The normalized spacial score (nSPS) is 32.1. The molecule has 0 aromatic heterocycles. The molecular formula is C14H24O3Si. The molecule has 0 aromatic rings. The summed E-state index contributed by atoms with van der Waals surface area (Å²) >= 11 is 0. The Bertz CT molecular complexity index is 368. The van der Waals surface area contributed by atoms with E-state index in [0.29, 0.717) is 6.61 Å². The third kappa shape index (κ3) is 2.60. The van der Waals surface area contributed by atoms with Crippen LogP contribution in [-0.4, -0.2) is 32.9 Å². The molecule has 2 bridgehead atoms. The zero-order valence-electron chi connectivity index (χ0n) is 12.0. The minimum Gasteiger partial charge on any atom is -0.416 e. The minimum atomic E-state index is -1.73. The fourth-order valence-corrected chi connectivity index (χ4v) is 3.25. The average Bonchev–Trinajstić information content (AvgIpc) is 2.59. The summed E-state index contributed by atoms with van der Waals surface area (Å²) in [6.45, 7) is 11.8. The smallest absolute Gasteiger partial charge is 0.191 e. The Hall–Kier alpha value is -0.453. The van der Waals surface area contributed by atoms with Gasteiger partial charge in [0, 0.05) is 12.5 Å². The van der Waals surface area contributed by atoms with Crippen LogP contribution in [-0.2, 0) is 14.0 Å². The molecule has 0 radical (unpaired) electrons. The Morgan fingerprint density at radius 1 is 1.44 bits per heavy atom. The lowest BCUT2D eigenvalue weighted by Gasteiger charge is -2.37. The third-order valence-corrected chi connectivity index (χ3v) is 9.01. The van der Waals surface area contributed by atoms with Crippen LogP contribution in [0.25, 0.3) is 0 Å². The fraction of sp³-hybridized carbons (Fsp3) is 0.786. The van der Waals surface area contributed by atoms with Gasteiger partial charge in [-0.2, -0.15) is 0 Å². The van der Waals surface area contributed by atoms with E-state index in [1.165, 1.54) is 0 Å². The first kappa shape index (κ1) is 14.0. The Balaban J connectivity index is 1.95. The maximum atomic E-state index is 11.7. The van der Waals surface area contributed by atoms with Gasteiger partial charge in [-0.25, -0.2) is 0 Å². The van der Waals surface area contributed by atoms with E-state index < -0.39 is 8.32 Å². The number of hydrogen-bond donors (Lipinski definition) is 0. The van der Waals surface area contributed by atoms with Crippen molar-refractivity contribution in [3.8, 4) is 0 Å². The van der Waals surface area contributed by atoms with Crippen LogP contribution in [0, 0.1) is 5.92 Å². The quantitative estimate of drug-likeness (QED) is 0.738. The van der Waals surface area contributed by atoms with Crippen molar-refractivity contribution >= 4 is 14.1 Å². The van der Waals surface area contributed by atoms with E-state index >= 15 is 0 Å². The van der Waals surface area contributed by atoms with Crippen molar-refractivity contribution in [2.75, 3.05) is 6.61 Å². The topological polar surface area (TPSA) is 35.5 Å². The predicted molar refractivity (Wildman–Crippen MR) is 74.1 cm³/mol. The lowest BCUT2D eigenvalue weighted by Crippen LogP contribution is -2.43. The van der Waals surface area contributed by atoms with Gasteiger partial charge in [0.1, 0.15) is 6.10 Å². The second-order valence-electron chi connectivity index (χ2n) is 6.92. The van der Waals surface area contributed by atoms with Crippen molar-refractivity contribution in [1.29, 1.82) is 0 Å². The number of hydrogen-bond acceptors (Lipinski definition) is 3. The van der Waals surface area contributed by atoms with Crippen molar-refractivity contribution in [1.82, 2.24) is 0 Å². The average molecular weight is 268 g/mol. The molecule has 2 rings (SSSR count). The first-order valence-electron chi connectivity index (χ1n) is 6.72. The van der Waals surface area contributed by atoms with Crippen molar-refractivity contribution in [3.63, 3.8) is 0 Å². The molecule has 0 spiro atoms.